The standard InChI is InChI=1S/C10H13BrF2N2O3S.ClH/c1-18-7-2-3-9(8(11)4-7)19(16,17)15-6-10(12,13)5-14;/h2-4,15H,5-6,14H2,1H3;1H. The second-order valence-electron chi connectivity index (χ2n) is 3.68. The van der Waals surface area contributed by atoms with Crippen molar-refractivity contribution in [1.82, 2.24) is 4.72 Å². The number of hydrogen-bond acceptors (Lipinski definition) is 4. The van der Waals surface area contributed by atoms with Crippen molar-refractivity contribution in [3.63, 3.8) is 0 Å². The SMILES string of the molecule is COc1ccc(S(=O)(=O)NCC(F)(F)CN)c(Br)c1.Cl. The summed E-state index contributed by atoms with van der Waals surface area (Å²) in [6.07, 6.45) is 0. The van der Waals surface area contributed by atoms with Crippen molar-refractivity contribution in [3.8, 4) is 5.75 Å². The molecule has 3 N–H and O–H groups in total. The van der Waals surface area contributed by atoms with Crippen LogP contribution in [0.15, 0.2) is 27.6 Å². The number of sulfonamides is 1. The molecule has 0 aromatic heterocycles. The van der Waals surface area contributed by atoms with Gasteiger partial charge in [-0.3, -0.25) is 0 Å². The third kappa shape index (κ3) is 5.13. The number of alkyl halides is 2. The third-order valence-electron chi connectivity index (χ3n) is 2.25. The Bertz CT molecular complexity index is 557. The highest BCUT2D eigenvalue weighted by Crippen LogP contribution is 2.26. The zero-order chi connectivity index (χ0) is 14.7. The van der Waals surface area contributed by atoms with Gasteiger partial charge in [-0.05, 0) is 34.1 Å². The number of nitrogens with two attached hydrogens (primary N) is 1. The molecule has 0 amide bonds. The van der Waals surface area contributed by atoms with Gasteiger partial charge < -0.3 is 10.5 Å². The van der Waals surface area contributed by atoms with E-state index in [0.29, 0.717) is 5.75 Å². The summed E-state index contributed by atoms with van der Waals surface area (Å²) in [5, 5.41) is 0. The fourth-order valence-corrected chi connectivity index (χ4v) is 3.29. The lowest BCUT2D eigenvalue weighted by Crippen LogP contribution is -2.41. The van der Waals surface area contributed by atoms with E-state index in [1.165, 1.54) is 25.3 Å². The third-order valence-corrected chi connectivity index (χ3v) is 4.63. The molecule has 0 heterocycles. The summed E-state index contributed by atoms with van der Waals surface area (Å²) in [6.45, 7) is -1.98. The van der Waals surface area contributed by atoms with Gasteiger partial charge in [0, 0.05) is 4.47 Å². The molecule has 0 aliphatic rings. The molecule has 10 heteroatoms. The molecule has 0 aliphatic heterocycles. The summed E-state index contributed by atoms with van der Waals surface area (Å²) < 4.78 is 56.5. The first kappa shape index (κ1) is 19.5. The highest BCUT2D eigenvalue weighted by molar-refractivity contribution is 9.10. The lowest BCUT2D eigenvalue weighted by molar-refractivity contribution is 0.0170. The van der Waals surface area contributed by atoms with Crippen LogP contribution in [-0.2, 0) is 10.0 Å². The van der Waals surface area contributed by atoms with Gasteiger partial charge in [0.2, 0.25) is 10.0 Å². The molecule has 0 spiro atoms. The number of nitrogens with one attached hydrogen (secondary N) is 1. The minimum atomic E-state index is -4.05. The van der Waals surface area contributed by atoms with Crippen LogP contribution in [0.25, 0.3) is 0 Å². The zero-order valence-corrected chi connectivity index (χ0v) is 13.6. The molecule has 1 aromatic rings. The van der Waals surface area contributed by atoms with Crippen molar-refractivity contribution in [1.29, 1.82) is 0 Å². The molecule has 116 valence electrons. The number of benzene rings is 1. The molecule has 0 unspecified atom stereocenters. The van der Waals surface area contributed by atoms with Crippen molar-refractivity contribution in [2.45, 2.75) is 10.8 Å². The molecule has 20 heavy (non-hydrogen) atoms. The van der Waals surface area contributed by atoms with E-state index in [2.05, 4.69) is 15.9 Å². The van der Waals surface area contributed by atoms with Gasteiger partial charge >= 0.3 is 0 Å². The van der Waals surface area contributed by atoms with E-state index in [9.17, 15) is 17.2 Å². The Hall–Kier alpha value is -0.480. The van der Waals surface area contributed by atoms with Gasteiger partial charge in [0.15, 0.2) is 0 Å². The van der Waals surface area contributed by atoms with E-state index in [4.69, 9.17) is 10.5 Å². The first-order valence-corrected chi connectivity index (χ1v) is 7.40. The smallest absolute Gasteiger partial charge is 0.273 e. The summed E-state index contributed by atoms with van der Waals surface area (Å²) >= 11 is 3.05. The average molecular weight is 396 g/mol. The summed E-state index contributed by atoms with van der Waals surface area (Å²) in [5.41, 5.74) is 4.83. The molecule has 0 fully saturated rings. The lowest BCUT2D eigenvalue weighted by Gasteiger charge is -2.15. The van der Waals surface area contributed by atoms with Gasteiger partial charge in [0.1, 0.15) is 5.75 Å². The Morgan fingerprint density at radius 2 is 2.05 bits per heavy atom. The van der Waals surface area contributed by atoms with Crippen LogP contribution in [0.1, 0.15) is 0 Å². The summed E-state index contributed by atoms with van der Waals surface area (Å²) in [4.78, 5) is -0.152. The number of rotatable bonds is 6. The van der Waals surface area contributed by atoms with Crippen LogP contribution in [0.5, 0.6) is 5.75 Å². The van der Waals surface area contributed by atoms with E-state index in [-0.39, 0.29) is 21.8 Å². The monoisotopic (exact) mass is 394 g/mol. The van der Waals surface area contributed by atoms with Crippen molar-refractivity contribution >= 4 is 38.4 Å². The van der Waals surface area contributed by atoms with Gasteiger partial charge in [-0.15, -0.1) is 12.4 Å². The van der Waals surface area contributed by atoms with E-state index >= 15 is 0 Å². The van der Waals surface area contributed by atoms with Crippen LogP contribution in [-0.4, -0.2) is 34.5 Å². The Labute approximate surface area is 130 Å². The largest absolute Gasteiger partial charge is 0.497 e. The molecule has 0 radical (unpaired) electrons. The minimum Gasteiger partial charge on any atom is -0.497 e. The van der Waals surface area contributed by atoms with Crippen LogP contribution >= 0.6 is 28.3 Å². The Morgan fingerprint density at radius 3 is 2.50 bits per heavy atom. The van der Waals surface area contributed by atoms with Crippen LogP contribution < -0.4 is 15.2 Å². The molecule has 1 aromatic carbocycles. The van der Waals surface area contributed by atoms with E-state index < -0.39 is 29.0 Å². The first-order chi connectivity index (χ1) is 8.72. The maximum atomic E-state index is 12.9. The Kier molecular flexibility index (Phi) is 7.33. The van der Waals surface area contributed by atoms with Gasteiger partial charge in [0.25, 0.3) is 5.92 Å². The molecule has 0 aliphatic carbocycles. The highest BCUT2D eigenvalue weighted by Gasteiger charge is 2.30. The Balaban J connectivity index is 0.00000361. The van der Waals surface area contributed by atoms with Crippen LogP contribution in [0.2, 0.25) is 0 Å². The fraction of sp³-hybridized carbons (Fsp3) is 0.400. The fourth-order valence-electron chi connectivity index (χ4n) is 1.18. The summed E-state index contributed by atoms with van der Waals surface area (Å²) in [5.74, 6) is -2.84. The van der Waals surface area contributed by atoms with Crippen LogP contribution in [0.4, 0.5) is 8.78 Å². The number of ether oxygens (including phenoxy) is 1. The van der Waals surface area contributed by atoms with Crippen molar-refractivity contribution < 1.29 is 21.9 Å². The average Bonchev–Trinajstić information content (AvgIpc) is 2.36. The van der Waals surface area contributed by atoms with Crippen LogP contribution in [0, 0.1) is 0 Å². The lowest BCUT2D eigenvalue weighted by atomic mass is 10.3. The van der Waals surface area contributed by atoms with E-state index in [1.54, 1.807) is 0 Å². The normalized spacial score (nSPS) is 11.8. The molecule has 0 saturated heterocycles. The number of halogens is 4. The molecule has 1 rings (SSSR count). The molecular formula is C10H14BrClF2N2O3S. The molecule has 0 atom stereocenters. The Morgan fingerprint density at radius 1 is 1.45 bits per heavy atom. The van der Waals surface area contributed by atoms with Crippen molar-refractivity contribution in [2.24, 2.45) is 5.73 Å². The van der Waals surface area contributed by atoms with E-state index in [1.807, 2.05) is 4.72 Å². The molecular weight excluding hydrogens is 382 g/mol. The summed E-state index contributed by atoms with van der Waals surface area (Å²) in [7, 11) is -2.62. The first-order valence-electron chi connectivity index (χ1n) is 5.13. The van der Waals surface area contributed by atoms with Crippen molar-refractivity contribution in [2.75, 3.05) is 20.2 Å². The van der Waals surface area contributed by atoms with E-state index in [0.717, 1.165) is 0 Å². The molecule has 0 bridgehead atoms. The predicted octanol–water partition coefficient (Wildman–Crippen LogP) is 1.75. The van der Waals surface area contributed by atoms with Crippen LogP contribution in [0.3, 0.4) is 0 Å². The predicted molar refractivity (Wildman–Crippen MR) is 77.1 cm³/mol. The molecule has 5 nitrogen and oxygen atoms in total. The number of methoxy groups -OCH3 is 1. The number of hydrogen-bond donors (Lipinski definition) is 2. The van der Waals surface area contributed by atoms with Gasteiger partial charge in [0.05, 0.1) is 25.1 Å². The van der Waals surface area contributed by atoms with Gasteiger partial charge in [-0.1, -0.05) is 0 Å². The highest BCUT2D eigenvalue weighted by atomic mass is 79.9. The quantitative estimate of drug-likeness (QED) is 0.769. The minimum absolute atomic E-state index is 0. The zero-order valence-electron chi connectivity index (χ0n) is 10.4. The van der Waals surface area contributed by atoms with Gasteiger partial charge in [-0.2, -0.15) is 0 Å². The maximum Gasteiger partial charge on any atom is 0.273 e. The summed E-state index contributed by atoms with van der Waals surface area (Å²) in [6, 6.07) is 4.10. The van der Waals surface area contributed by atoms with Gasteiger partial charge in [-0.25, -0.2) is 21.9 Å². The second kappa shape index (κ2) is 7.51. The molecule has 0 saturated carbocycles. The second-order valence-corrected chi connectivity index (χ2v) is 6.27. The van der Waals surface area contributed by atoms with Crippen molar-refractivity contribution in [3.05, 3.63) is 22.7 Å². The maximum absolute atomic E-state index is 12.9. The topological polar surface area (TPSA) is 81.4 Å².